The molecule has 21 heavy (non-hydrogen) atoms. The van der Waals surface area contributed by atoms with Gasteiger partial charge in [0.25, 0.3) is 0 Å². The summed E-state index contributed by atoms with van der Waals surface area (Å²) < 4.78 is 1.81. The lowest BCUT2D eigenvalue weighted by atomic mass is 9.73. The van der Waals surface area contributed by atoms with Crippen molar-refractivity contribution >= 4 is 0 Å². The van der Waals surface area contributed by atoms with Crippen molar-refractivity contribution in [2.45, 2.75) is 18.4 Å². The van der Waals surface area contributed by atoms with E-state index in [1.165, 1.54) is 11.1 Å². The monoisotopic (exact) mass is 276 g/mol. The maximum atomic E-state index is 10.6. The van der Waals surface area contributed by atoms with E-state index in [0.29, 0.717) is 0 Å². The topological polar surface area (TPSA) is 38.1 Å². The Balaban J connectivity index is 1.60. The van der Waals surface area contributed by atoms with Crippen LogP contribution in [0.4, 0.5) is 0 Å². The standard InChI is InChI=1S/C18H16N2O/c21-18(17-10-13-6-4-5-9-16(13)17)14-11-19-20(12-14)15-7-2-1-3-8-15/h1-9,11-12,17-18,21H,10H2. The molecule has 0 saturated carbocycles. The van der Waals surface area contributed by atoms with Crippen LogP contribution in [0.2, 0.25) is 0 Å². The Morgan fingerprint density at radius 1 is 1.05 bits per heavy atom. The molecule has 1 heterocycles. The highest BCUT2D eigenvalue weighted by Crippen LogP contribution is 2.43. The molecule has 0 amide bonds. The van der Waals surface area contributed by atoms with Crippen molar-refractivity contribution < 1.29 is 5.11 Å². The first-order chi connectivity index (χ1) is 10.3. The smallest absolute Gasteiger partial charge is 0.0892 e. The summed E-state index contributed by atoms with van der Waals surface area (Å²) in [6.45, 7) is 0. The number of hydrogen-bond acceptors (Lipinski definition) is 2. The molecule has 1 aromatic heterocycles. The summed E-state index contributed by atoms with van der Waals surface area (Å²) in [5.41, 5.74) is 4.48. The molecule has 0 saturated heterocycles. The van der Waals surface area contributed by atoms with Crippen molar-refractivity contribution in [3.05, 3.63) is 83.7 Å². The van der Waals surface area contributed by atoms with Gasteiger partial charge in [-0.05, 0) is 29.7 Å². The van der Waals surface area contributed by atoms with Crippen LogP contribution in [0, 0.1) is 0 Å². The lowest BCUT2D eigenvalue weighted by molar-refractivity contribution is 0.134. The third-order valence-corrected chi connectivity index (χ3v) is 4.24. The highest BCUT2D eigenvalue weighted by Gasteiger charge is 2.33. The van der Waals surface area contributed by atoms with Crippen LogP contribution in [0.5, 0.6) is 0 Å². The molecule has 4 rings (SSSR count). The zero-order chi connectivity index (χ0) is 14.2. The van der Waals surface area contributed by atoms with Gasteiger partial charge in [0.2, 0.25) is 0 Å². The Bertz CT molecular complexity index is 764. The lowest BCUT2D eigenvalue weighted by Gasteiger charge is -2.33. The van der Waals surface area contributed by atoms with Gasteiger partial charge < -0.3 is 5.11 Å². The molecule has 3 heteroatoms. The van der Waals surface area contributed by atoms with Gasteiger partial charge in [0.15, 0.2) is 0 Å². The minimum Gasteiger partial charge on any atom is -0.388 e. The molecule has 0 spiro atoms. The number of benzene rings is 2. The van der Waals surface area contributed by atoms with Gasteiger partial charge in [0.05, 0.1) is 18.0 Å². The molecule has 0 radical (unpaired) electrons. The van der Waals surface area contributed by atoms with Gasteiger partial charge in [-0.2, -0.15) is 5.10 Å². The molecular weight excluding hydrogens is 260 g/mol. The van der Waals surface area contributed by atoms with Crippen molar-refractivity contribution in [2.24, 2.45) is 0 Å². The Labute approximate surface area is 123 Å². The van der Waals surface area contributed by atoms with Gasteiger partial charge in [-0.1, -0.05) is 42.5 Å². The van der Waals surface area contributed by atoms with Crippen LogP contribution in [0.3, 0.4) is 0 Å². The van der Waals surface area contributed by atoms with E-state index in [0.717, 1.165) is 17.7 Å². The molecule has 104 valence electrons. The fourth-order valence-corrected chi connectivity index (χ4v) is 3.02. The third-order valence-electron chi connectivity index (χ3n) is 4.24. The predicted molar refractivity (Wildman–Crippen MR) is 81.4 cm³/mol. The van der Waals surface area contributed by atoms with E-state index >= 15 is 0 Å². The Morgan fingerprint density at radius 2 is 1.81 bits per heavy atom. The van der Waals surface area contributed by atoms with Crippen molar-refractivity contribution in [1.82, 2.24) is 9.78 Å². The molecule has 3 nitrogen and oxygen atoms in total. The highest BCUT2D eigenvalue weighted by atomic mass is 16.3. The van der Waals surface area contributed by atoms with Gasteiger partial charge in [-0.15, -0.1) is 0 Å². The number of rotatable bonds is 3. The molecule has 2 unspecified atom stereocenters. The van der Waals surface area contributed by atoms with Crippen LogP contribution >= 0.6 is 0 Å². The molecule has 1 aliphatic rings. The molecular formula is C18H16N2O. The molecule has 0 bridgehead atoms. The van der Waals surface area contributed by atoms with E-state index < -0.39 is 6.10 Å². The number of nitrogens with zero attached hydrogens (tertiary/aromatic N) is 2. The third kappa shape index (κ3) is 2.06. The number of aromatic nitrogens is 2. The average molecular weight is 276 g/mol. The molecule has 2 atom stereocenters. The van der Waals surface area contributed by atoms with Crippen molar-refractivity contribution in [2.75, 3.05) is 0 Å². The van der Waals surface area contributed by atoms with Crippen LogP contribution in [0.15, 0.2) is 67.0 Å². The maximum absolute atomic E-state index is 10.6. The number of para-hydroxylation sites is 1. The number of aliphatic hydroxyl groups is 1. The van der Waals surface area contributed by atoms with Crippen molar-refractivity contribution in [3.63, 3.8) is 0 Å². The summed E-state index contributed by atoms with van der Waals surface area (Å²) in [4.78, 5) is 0. The van der Waals surface area contributed by atoms with Gasteiger partial charge in [0.1, 0.15) is 0 Å². The Morgan fingerprint density at radius 3 is 2.62 bits per heavy atom. The zero-order valence-electron chi connectivity index (χ0n) is 11.6. The summed E-state index contributed by atoms with van der Waals surface area (Å²) in [5.74, 6) is 0.189. The van der Waals surface area contributed by atoms with E-state index in [1.807, 2.05) is 47.3 Å². The fraction of sp³-hybridized carbons (Fsp3) is 0.167. The fourth-order valence-electron chi connectivity index (χ4n) is 3.02. The van der Waals surface area contributed by atoms with Crippen molar-refractivity contribution in [3.8, 4) is 5.69 Å². The van der Waals surface area contributed by atoms with E-state index in [2.05, 4.69) is 23.3 Å². The largest absolute Gasteiger partial charge is 0.388 e. The van der Waals surface area contributed by atoms with Gasteiger partial charge in [-0.3, -0.25) is 0 Å². The van der Waals surface area contributed by atoms with Crippen LogP contribution in [0.25, 0.3) is 5.69 Å². The predicted octanol–water partition coefficient (Wildman–Crippen LogP) is 3.25. The molecule has 1 aliphatic carbocycles. The van der Waals surface area contributed by atoms with Crippen LogP contribution in [0.1, 0.15) is 28.7 Å². The molecule has 2 aromatic carbocycles. The average Bonchev–Trinajstić information content (AvgIpc) is 2.99. The number of fused-ring (bicyclic) bond motifs is 1. The summed E-state index contributed by atoms with van der Waals surface area (Å²) >= 11 is 0. The first kappa shape index (κ1) is 12.4. The van der Waals surface area contributed by atoms with Gasteiger partial charge in [-0.25, -0.2) is 4.68 Å². The lowest BCUT2D eigenvalue weighted by Crippen LogP contribution is -2.23. The van der Waals surface area contributed by atoms with Crippen molar-refractivity contribution in [1.29, 1.82) is 0 Å². The van der Waals surface area contributed by atoms with E-state index in [-0.39, 0.29) is 5.92 Å². The quantitative estimate of drug-likeness (QED) is 0.797. The Hall–Kier alpha value is -2.39. The normalized spacial score (nSPS) is 17.9. The van der Waals surface area contributed by atoms with Gasteiger partial charge >= 0.3 is 0 Å². The number of hydrogen-bond donors (Lipinski definition) is 1. The zero-order valence-corrected chi connectivity index (χ0v) is 11.6. The summed E-state index contributed by atoms with van der Waals surface area (Å²) in [5, 5.41) is 15.0. The minimum atomic E-state index is -0.489. The second kappa shape index (κ2) is 4.86. The molecule has 3 aromatic rings. The first-order valence-electron chi connectivity index (χ1n) is 7.19. The SMILES string of the molecule is OC(c1cnn(-c2ccccc2)c1)C1Cc2ccccc21. The number of aliphatic hydroxyl groups excluding tert-OH is 1. The van der Waals surface area contributed by atoms with E-state index in [1.54, 1.807) is 6.20 Å². The molecule has 0 fully saturated rings. The highest BCUT2D eigenvalue weighted by molar-refractivity contribution is 5.42. The molecule has 1 N–H and O–H groups in total. The van der Waals surface area contributed by atoms with Gasteiger partial charge in [0, 0.05) is 17.7 Å². The Kier molecular flexibility index (Phi) is 2.86. The maximum Gasteiger partial charge on any atom is 0.0892 e. The van der Waals surface area contributed by atoms with E-state index in [4.69, 9.17) is 0 Å². The van der Waals surface area contributed by atoms with Crippen LogP contribution in [-0.4, -0.2) is 14.9 Å². The summed E-state index contributed by atoms with van der Waals surface area (Å²) in [6.07, 6.45) is 4.13. The second-order valence-electron chi connectivity index (χ2n) is 5.51. The van der Waals surface area contributed by atoms with Crippen LogP contribution in [-0.2, 0) is 6.42 Å². The summed E-state index contributed by atoms with van der Waals surface area (Å²) in [7, 11) is 0. The van der Waals surface area contributed by atoms with E-state index in [9.17, 15) is 5.11 Å². The first-order valence-corrected chi connectivity index (χ1v) is 7.19. The summed E-state index contributed by atoms with van der Waals surface area (Å²) in [6, 6.07) is 18.3. The molecule has 0 aliphatic heterocycles. The van der Waals surface area contributed by atoms with Crippen LogP contribution < -0.4 is 0 Å². The second-order valence-corrected chi connectivity index (χ2v) is 5.51. The minimum absolute atomic E-state index is 0.189.